The number of fused-ring (bicyclic) bond motifs is 1. The number of hydrogen-bond acceptors (Lipinski definition) is 6. The topological polar surface area (TPSA) is 95.8 Å². The van der Waals surface area contributed by atoms with Crippen LogP contribution in [0.25, 0.3) is 11.0 Å². The molecular formula is C19H16N4O3S. The number of benzene rings is 1. The van der Waals surface area contributed by atoms with Crippen molar-refractivity contribution in [2.75, 3.05) is 0 Å². The molecule has 0 aliphatic carbocycles. The molecule has 8 heteroatoms. The number of nitrogens with zero attached hydrogens (tertiary/aromatic N) is 4. The van der Waals surface area contributed by atoms with E-state index in [4.69, 9.17) is 5.11 Å². The fourth-order valence-electron chi connectivity index (χ4n) is 3.12. The summed E-state index contributed by atoms with van der Waals surface area (Å²) in [6.07, 6.45) is 3.54. The number of carboxylic acid groups (broad SMARTS) is 1. The van der Waals surface area contributed by atoms with Crippen LogP contribution < -0.4 is 0 Å². The van der Waals surface area contributed by atoms with E-state index in [0.717, 1.165) is 27.9 Å². The molecule has 2 aromatic heterocycles. The summed E-state index contributed by atoms with van der Waals surface area (Å²) in [5, 5.41) is 18.8. The number of aromatic nitrogens is 2. The van der Waals surface area contributed by atoms with Crippen LogP contribution in [0.1, 0.15) is 36.4 Å². The largest absolute Gasteiger partial charge is 0.481 e. The van der Waals surface area contributed by atoms with E-state index in [2.05, 4.69) is 15.1 Å². The van der Waals surface area contributed by atoms with E-state index in [9.17, 15) is 9.59 Å². The van der Waals surface area contributed by atoms with Gasteiger partial charge in [0.2, 0.25) is 5.91 Å². The highest BCUT2D eigenvalue weighted by molar-refractivity contribution is 7.08. The second kappa shape index (κ2) is 7.24. The lowest BCUT2D eigenvalue weighted by molar-refractivity contribution is -0.141. The maximum Gasteiger partial charge on any atom is 0.303 e. The molecule has 0 bridgehead atoms. The third-order valence-electron chi connectivity index (χ3n) is 4.45. The molecule has 1 N–H and O–H groups in total. The molecule has 0 saturated heterocycles. The van der Waals surface area contributed by atoms with Gasteiger partial charge in [-0.1, -0.05) is 6.07 Å². The van der Waals surface area contributed by atoms with Gasteiger partial charge in [0, 0.05) is 30.8 Å². The molecular weight excluding hydrogens is 364 g/mol. The standard InChI is InChI=1S/C19H16N4O3S/c24-18(3-4-19(25)26)23-17(10-15(22-23)13-5-8-27-11-13)12-1-2-14-16(9-12)21-7-6-20-14/h1-2,5-9,11,17H,3-4,10H2,(H,25,26). The van der Waals surface area contributed by atoms with E-state index in [0.29, 0.717) is 6.42 Å². The van der Waals surface area contributed by atoms with Gasteiger partial charge in [0.15, 0.2) is 0 Å². The highest BCUT2D eigenvalue weighted by atomic mass is 32.1. The van der Waals surface area contributed by atoms with Crippen molar-refractivity contribution in [1.29, 1.82) is 0 Å². The average Bonchev–Trinajstić information content (AvgIpc) is 3.35. The molecule has 3 aromatic rings. The molecule has 7 nitrogen and oxygen atoms in total. The van der Waals surface area contributed by atoms with Gasteiger partial charge in [0.25, 0.3) is 0 Å². The summed E-state index contributed by atoms with van der Waals surface area (Å²) >= 11 is 1.57. The molecule has 4 rings (SSSR count). The molecule has 0 fully saturated rings. The summed E-state index contributed by atoms with van der Waals surface area (Å²) in [6, 6.07) is 7.40. The van der Waals surface area contributed by atoms with Crippen molar-refractivity contribution in [3.05, 3.63) is 58.5 Å². The molecule has 1 aliphatic rings. The minimum atomic E-state index is -0.998. The SMILES string of the molecule is O=C(O)CCC(=O)N1N=C(c2ccsc2)CC1c1ccc2nccnc2c1. The Balaban J connectivity index is 1.67. The normalized spacial score (nSPS) is 16.5. The Kier molecular flexibility index (Phi) is 4.64. The van der Waals surface area contributed by atoms with Gasteiger partial charge in [0.05, 0.1) is 29.2 Å². The molecule has 1 unspecified atom stereocenters. The van der Waals surface area contributed by atoms with Gasteiger partial charge in [-0.05, 0) is 34.5 Å². The molecule has 1 aromatic carbocycles. The van der Waals surface area contributed by atoms with Gasteiger partial charge >= 0.3 is 5.97 Å². The average molecular weight is 380 g/mol. The number of rotatable bonds is 5. The number of aliphatic carboxylic acids is 1. The van der Waals surface area contributed by atoms with Crippen molar-refractivity contribution in [2.45, 2.75) is 25.3 Å². The van der Waals surface area contributed by atoms with E-state index in [1.54, 1.807) is 23.7 Å². The van der Waals surface area contributed by atoms with Gasteiger partial charge in [-0.25, -0.2) is 5.01 Å². The zero-order valence-electron chi connectivity index (χ0n) is 14.3. The first-order valence-electron chi connectivity index (χ1n) is 8.46. The fourth-order valence-corrected chi connectivity index (χ4v) is 3.78. The van der Waals surface area contributed by atoms with Crippen LogP contribution in [-0.4, -0.2) is 37.7 Å². The Morgan fingerprint density at radius 3 is 2.70 bits per heavy atom. The molecule has 1 amide bonds. The van der Waals surface area contributed by atoms with Crippen LogP contribution in [0.15, 0.2) is 52.5 Å². The Morgan fingerprint density at radius 2 is 1.96 bits per heavy atom. The van der Waals surface area contributed by atoms with E-state index >= 15 is 0 Å². The van der Waals surface area contributed by atoms with Gasteiger partial charge in [-0.2, -0.15) is 16.4 Å². The minimum absolute atomic E-state index is 0.0837. The molecule has 0 radical (unpaired) electrons. The predicted octanol–water partition coefficient (Wildman–Crippen LogP) is 3.23. The van der Waals surface area contributed by atoms with Crippen molar-refractivity contribution in [1.82, 2.24) is 15.0 Å². The molecule has 27 heavy (non-hydrogen) atoms. The summed E-state index contributed by atoms with van der Waals surface area (Å²) in [4.78, 5) is 32.1. The smallest absolute Gasteiger partial charge is 0.303 e. The zero-order chi connectivity index (χ0) is 18.8. The van der Waals surface area contributed by atoms with E-state index in [1.807, 2.05) is 35.0 Å². The van der Waals surface area contributed by atoms with Crippen LogP contribution in [0.4, 0.5) is 0 Å². The van der Waals surface area contributed by atoms with Crippen molar-refractivity contribution in [3.63, 3.8) is 0 Å². The first kappa shape index (κ1) is 17.3. The quantitative estimate of drug-likeness (QED) is 0.733. The molecule has 1 aliphatic heterocycles. The molecule has 136 valence electrons. The third kappa shape index (κ3) is 3.56. The van der Waals surface area contributed by atoms with Gasteiger partial charge < -0.3 is 5.11 Å². The van der Waals surface area contributed by atoms with Crippen molar-refractivity contribution in [2.24, 2.45) is 5.10 Å². The van der Waals surface area contributed by atoms with E-state index in [-0.39, 0.29) is 24.8 Å². The Hall–Kier alpha value is -3.13. The highest BCUT2D eigenvalue weighted by Gasteiger charge is 2.33. The first-order valence-corrected chi connectivity index (χ1v) is 9.40. The summed E-state index contributed by atoms with van der Waals surface area (Å²) < 4.78 is 0. The molecule has 0 saturated carbocycles. The Labute approximate surface area is 159 Å². The zero-order valence-corrected chi connectivity index (χ0v) is 15.1. The molecule has 1 atom stereocenters. The maximum absolute atomic E-state index is 12.6. The van der Waals surface area contributed by atoms with Crippen molar-refractivity contribution in [3.8, 4) is 0 Å². The van der Waals surface area contributed by atoms with Crippen LogP contribution in [0, 0.1) is 0 Å². The van der Waals surface area contributed by atoms with Crippen LogP contribution in [0.3, 0.4) is 0 Å². The third-order valence-corrected chi connectivity index (χ3v) is 5.13. The minimum Gasteiger partial charge on any atom is -0.481 e. The number of thiophene rings is 1. The lowest BCUT2D eigenvalue weighted by Gasteiger charge is -2.22. The number of carbonyl (C=O) groups is 2. The number of hydrogen-bond donors (Lipinski definition) is 1. The number of carbonyl (C=O) groups excluding carboxylic acids is 1. The van der Waals surface area contributed by atoms with Gasteiger partial charge in [0.1, 0.15) is 0 Å². The number of carboxylic acids is 1. The van der Waals surface area contributed by atoms with E-state index in [1.165, 1.54) is 5.01 Å². The van der Waals surface area contributed by atoms with Crippen LogP contribution >= 0.6 is 11.3 Å². The molecule has 3 heterocycles. The van der Waals surface area contributed by atoms with Crippen LogP contribution in [-0.2, 0) is 9.59 Å². The number of amides is 1. The first-order chi connectivity index (χ1) is 13.1. The lowest BCUT2D eigenvalue weighted by Crippen LogP contribution is -2.27. The van der Waals surface area contributed by atoms with Crippen molar-refractivity contribution < 1.29 is 14.7 Å². The summed E-state index contributed by atoms with van der Waals surface area (Å²) in [5.74, 6) is -1.30. The maximum atomic E-state index is 12.6. The lowest BCUT2D eigenvalue weighted by atomic mass is 9.99. The summed E-state index contributed by atoms with van der Waals surface area (Å²) in [5.41, 5.74) is 4.24. The fraction of sp³-hybridized carbons (Fsp3) is 0.211. The second-order valence-electron chi connectivity index (χ2n) is 6.22. The van der Waals surface area contributed by atoms with Gasteiger partial charge in [-0.3, -0.25) is 19.6 Å². The molecule has 0 spiro atoms. The number of hydrazone groups is 1. The van der Waals surface area contributed by atoms with Gasteiger partial charge in [-0.15, -0.1) is 0 Å². The highest BCUT2D eigenvalue weighted by Crippen LogP contribution is 2.34. The van der Waals surface area contributed by atoms with Crippen LogP contribution in [0.5, 0.6) is 0 Å². The summed E-state index contributed by atoms with van der Waals surface area (Å²) in [7, 11) is 0. The monoisotopic (exact) mass is 380 g/mol. The second-order valence-corrected chi connectivity index (χ2v) is 7.00. The van der Waals surface area contributed by atoms with Crippen molar-refractivity contribution >= 4 is 40.0 Å². The Bertz CT molecular complexity index is 1030. The Morgan fingerprint density at radius 1 is 1.15 bits per heavy atom. The van der Waals surface area contributed by atoms with Crippen LogP contribution in [0.2, 0.25) is 0 Å². The predicted molar refractivity (Wildman–Crippen MR) is 101 cm³/mol. The summed E-state index contributed by atoms with van der Waals surface area (Å²) in [6.45, 7) is 0. The van der Waals surface area contributed by atoms with E-state index < -0.39 is 5.97 Å².